The molecule has 0 heterocycles. The van der Waals surface area contributed by atoms with Gasteiger partial charge in [-0.25, -0.2) is 0 Å². The maximum absolute atomic E-state index is 10.2. The molecule has 3 unspecified atom stereocenters. The SMILES string of the molecule is O=[P+](O)OC1CCCC(O)C1. The molecule has 0 saturated heterocycles. The zero-order valence-corrected chi connectivity index (χ0v) is 7.04. The molecule has 0 radical (unpaired) electrons. The van der Waals surface area contributed by atoms with E-state index in [4.69, 9.17) is 10.00 Å². The van der Waals surface area contributed by atoms with E-state index >= 15 is 0 Å². The first-order chi connectivity index (χ1) is 5.18. The summed E-state index contributed by atoms with van der Waals surface area (Å²) < 4.78 is 14.9. The summed E-state index contributed by atoms with van der Waals surface area (Å²) in [7, 11) is -2.50. The number of hydrogen-bond donors (Lipinski definition) is 2. The Balaban J connectivity index is 2.28. The Morgan fingerprint density at radius 3 is 2.73 bits per heavy atom. The molecule has 2 N–H and O–H groups in total. The third-order valence-electron chi connectivity index (χ3n) is 1.84. The molecule has 5 heteroatoms. The van der Waals surface area contributed by atoms with Crippen molar-refractivity contribution in [2.45, 2.75) is 37.9 Å². The Bertz CT molecular complexity index is 150. The monoisotopic (exact) mass is 179 g/mol. The molecule has 0 bridgehead atoms. The van der Waals surface area contributed by atoms with E-state index in [2.05, 4.69) is 4.52 Å². The second kappa shape index (κ2) is 4.12. The topological polar surface area (TPSA) is 66.8 Å². The lowest BCUT2D eigenvalue weighted by molar-refractivity contribution is 0.0522. The molecule has 1 aliphatic carbocycles. The standard InChI is InChI=1S/C6H11O4P/c7-5-2-1-3-6(4-5)10-11(8)9/h5-7H,1-4H2/p+1. The second-order valence-corrected chi connectivity index (χ2v) is 3.47. The summed E-state index contributed by atoms with van der Waals surface area (Å²) in [5, 5.41) is 9.14. The van der Waals surface area contributed by atoms with Gasteiger partial charge < -0.3 is 5.11 Å². The van der Waals surface area contributed by atoms with Crippen LogP contribution in [0, 0.1) is 0 Å². The summed E-state index contributed by atoms with van der Waals surface area (Å²) in [5.41, 5.74) is 0. The number of rotatable bonds is 2. The van der Waals surface area contributed by atoms with Crippen LogP contribution in [0.15, 0.2) is 0 Å². The van der Waals surface area contributed by atoms with Crippen molar-refractivity contribution in [2.75, 3.05) is 0 Å². The van der Waals surface area contributed by atoms with Crippen LogP contribution in [0.1, 0.15) is 25.7 Å². The van der Waals surface area contributed by atoms with E-state index in [1.54, 1.807) is 0 Å². The van der Waals surface area contributed by atoms with Gasteiger partial charge in [0, 0.05) is 11.0 Å². The third-order valence-corrected chi connectivity index (χ3v) is 2.32. The smallest absolute Gasteiger partial charge is 0.393 e. The number of aliphatic hydroxyl groups excluding tert-OH is 1. The first-order valence-electron chi connectivity index (χ1n) is 3.69. The van der Waals surface area contributed by atoms with Gasteiger partial charge in [-0.15, -0.1) is 9.42 Å². The van der Waals surface area contributed by atoms with Gasteiger partial charge in [-0.1, -0.05) is 0 Å². The molecule has 3 atom stereocenters. The van der Waals surface area contributed by atoms with Crippen LogP contribution in [0.25, 0.3) is 0 Å². The summed E-state index contributed by atoms with van der Waals surface area (Å²) in [6, 6.07) is 0. The number of hydrogen-bond acceptors (Lipinski definition) is 3. The van der Waals surface area contributed by atoms with Gasteiger partial charge >= 0.3 is 8.25 Å². The largest absolute Gasteiger partial charge is 0.694 e. The Morgan fingerprint density at radius 1 is 1.45 bits per heavy atom. The fourth-order valence-corrected chi connectivity index (χ4v) is 1.79. The highest BCUT2D eigenvalue weighted by Gasteiger charge is 2.28. The first kappa shape index (κ1) is 9.07. The van der Waals surface area contributed by atoms with Crippen LogP contribution in [0.3, 0.4) is 0 Å². The van der Waals surface area contributed by atoms with Crippen molar-refractivity contribution in [1.29, 1.82) is 0 Å². The molecule has 4 nitrogen and oxygen atoms in total. The quantitative estimate of drug-likeness (QED) is 0.619. The third kappa shape index (κ3) is 3.25. The molecule has 0 amide bonds. The zero-order valence-electron chi connectivity index (χ0n) is 6.14. The first-order valence-corrected chi connectivity index (χ1v) is 4.82. The van der Waals surface area contributed by atoms with Gasteiger partial charge in [-0.2, -0.15) is 0 Å². The lowest BCUT2D eigenvalue weighted by Gasteiger charge is -2.20. The molecule has 11 heavy (non-hydrogen) atoms. The van der Waals surface area contributed by atoms with Crippen LogP contribution in [-0.4, -0.2) is 22.2 Å². The highest BCUT2D eigenvalue weighted by molar-refractivity contribution is 7.32. The molecule has 1 rings (SSSR count). The van der Waals surface area contributed by atoms with E-state index in [0.29, 0.717) is 6.42 Å². The summed E-state index contributed by atoms with van der Waals surface area (Å²) in [6.07, 6.45) is 2.33. The van der Waals surface area contributed by atoms with E-state index in [-0.39, 0.29) is 12.2 Å². The van der Waals surface area contributed by atoms with E-state index in [1.807, 2.05) is 0 Å². The minimum absolute atomic E-state index is 0.229. The van der Waals surface area contributed by atoms with E-state index in [1.165, 1.54) is 0 Å². The summed E-state index contributed by atoms with van der Waals surface area (Å²) in [4.78, 5) is 8.40. The van der Waals surface area contributed by atoms with E-state index in [9.17, 15) is 4.57 Å². The van der Waals surface area contributed by atoms with Crippen molar-refractivity contribution < 1.29 is 19.1 Å². The van der Waals surface area contributed by atoms with Crippen molar-refractivity contribution in [1.82, 2.24) is 0 Å². The maximum atomic E-state index is 10.2. The molecule has 0 aromatic rings. The van der Waals surface area contributed by atoms with Crippen LogP contribution >= 0.6 is 8.25 Å². The normalized spacial score (nSPS) is 33.5. The zero-order chi connectivity index (χ0) is 8.27. The van der Waals surface area contributed by atoms with Crippen LogP contribution in [0.4, 0.5) is 0 Å². The Morgan fingerprint density at radius 2 is 2.18 bits per heavy atom. The summed E-state index contributed by atoms with van der Waals surface area (Å²) >= 11 is 0. The highest BCUT2D eigenvalue weighted by Crippen LogP contribution is 2.28. The van der Waals surface area contributed by atoms with Gasteiger partial charge in [-0.05, 0) is 19.3 Å². The fraction of sp³-hybridized carbons (Fsp3) is 1.00. The second-order valence-electron chi connectivity index (χ2n) is 2.79. The molecular weight excluding hydrogens is 167 g/mol. The molecular formula is C6H12O4P+. The van der Waals surface area contributed by atoms with Crippen LogP contribution in [0.2, 0.25) is 0 Å². The van der Waals surface area contributed by atoms with Crippen molar-refractivity contribution >= 4 is 8.25 Å². The Kier molecular flexibility index (Phi) is 3.40. The number of aliphatic hydroxyl groups is 1. The van der Waals surface area contributed by atoms with Crippen molar-refractivity contribution in [3.8, 4) is 0 Å². The minimum Gasteiger partial charge on any atom is -0.393 e. The molecule has 64 valence electrons. The molecule has 1 aliphatic rings. The molecule has 1 saturated carbocycles. The van der Waals surface area contributed by atoms with Crippen molar-refractivity contribution in [2.24, 2.45) is 0 Å². The maximum Gasteiger partial charge on any atom is 0.694 e. The Labute approximate surface area is 66.1 Å². The molecule has 0 aromatic heterocycles. The van der Waals surface area contributed by atoms with Gasteiger partial charge in [-0.3, -0.25) is 0 Å². The van der Waals surface area contributed by atoms with Gasteiger partial charge in [0.1, 0.15) is 6.10 Å². The van der Waals surface area contributed by atoms with Gasteiger partial charge in [0.25, 0.3) is 0 Å². The minimum atomic E-state index is -2.50. The van der Waals surface area contributed by atoms with Gasteiger partial charge in [0.15, 0.2) is 0 Å². The van der Waals surface area contributed by atoms with Crippen molar-refractivity contribution in [3.63, 3.8) is 0 Å². The predicted molar refractivity (Wildman–Crippen MR) is 39.2 cm³/mol. The van der Waals surface area contributed by atoms with Crippen LogP contribution in [-0.2, 0) is 9.09 Å². The van der Waals surface area contributed by atoms with Gasteiger partial charge in [0.05, 0.1) is 6.10 Å². The Hall–Kier alpha value is -0.0200. The van der Waals surface area contributed by atoms with Gasteiger partial charge in [0.2, 0.25) is 0 Å². The summed E-state index contributed by atoms with van der Waals surface area (Å²) in [6.45, 7) is 0. The van der Waals surface area contributed by atoms with E-state index in [0.717, 1.165) is 19.3 Å². The fourth-order valence-electron chi connectivity index (χ4n) is 1.34. The lowest BCUT2D eigenvalue weighted by atomic mass is 9.95. The summed E-state index contributed by atoms with van der Waals surface area (Å²) in [5.74, 6) is 0. The van der Waals surface area contributed by atoms with Crippen molar-refractivity contribution in [3.05, 3.63) is 0 Å². The van der Waals surface area contributed by atoms with Crippen LogP contribution < -0.4 is 0 Å². The predicted octanol–water partition coefficient (Wildman–Crippen LogP) is 0.956. The van der Waals surface area contributed by atoms with Crippen LogP contribution in [0.5, 0.6) is 0 Å². The average Bonchev–Trinajstić information content (AvgIpc) is 1.85. The molecule has 0 spiro atoms. The lowest BCUT2D eigenvalue weighted by Crippen LogP contribution is -2.24. The molecule has 0 aliphatic heterocycles. The van der Waals surface area contributed by atoms with E-state index < -0.39 is 8.25 Å². The molecule has 1 fully saturated rings. The highest BCUT2D eigenvalue weighted by atomic mass is 31.1. The molecule has 0 aromatic carbocycles. The average molecular weight is 179 g/mol.